The molecule has 7 nitrogen and oxygen atoms in total. The first kappa shape index (κ1) is 24.1. The van der Waals surface area contributed by atoms with Crippen LogP contribution in [0.4, 0.5) is 0 Å². The van der Waals surface area contributed by atoms with E-state index in [2.05, 4.69) is 13.2 Å². The van der Waals surface area contributed by atoms with Crippen molar-refractivity contribution in [3.05, 3.63) is 54.1 Å². The number of hydrogen-bond donors (Lipinski definition) is 0. The number of esters is 1. The first-order valence-electron chi connectivity index (χ1n) is 9.67. The topological polar surface area (TPSA) is 84.0 Å². The number of carbonyl (C=O) groups excluding carboxylic acids is 2. The van der Waals surface area contributed by atoms with Gasteiger partial charge in [0.2, 0.25) is 10.0 Å². The molecule has 0 N–H and O–H groups in total. The molecular weight excluding hydrogens is 428 g/mol. The van der Waals surface area contributed by atoms with E-state index in [0.29, 0.717) is 26.2 Å². The maximum absolute atomic E-state index is 13.0. The Labute approximate surface area is 183 Å². The summed E-state index contributed by atoms with van der Waals surface area (Å²) in [6.07, 6.45) is 4.85. The van der Waals surface area contributed by atoms with Crippen LogP contribution < -0.4 is 0 Å². The smallest absolute Gasteiger partial charge is 0.338 e. The number of ether oxygens (including phenoxy) is 1. The van der Waals surface area contributed by atoms with Crippen LogP contribution in [-0.4, -0.2) is 62.3 Å². The number of hydrogen-bond acceptors (Lipinski definition) is 5. The molecule has 0 saturated carbocycles. The van der Waals surface area contributed by atoms with Gasteiger partial charge in [0.1, 0.15) is 4.90 Å². The normalized spacial score (nSPS) is 17.2. The van der Waals surface area contributed by atoms with Gasteiger partial charge in [-0.3, -0.25) is 4.79 Å². The van der Waals surface area contributed by atoms with Crippen LogP contribution in [0.2, 0.25) is 5.02 Å². The number of amides is 1. The van der Waals surface area contributed by atoms with Crippen LogP contribution in [0.25, 0.3) is 0 Å². The Kier molecular flexibility index (Phi) is 8.64. The number of halogens is 1. The van der Waals surface area contributed by atoms with E-state index in [1.54, 1.807) is 12.2 Å². The highest BCUT2D eigenvalue weighted by Gasteiger charge is 2.31. The van der Waals surface area contributed by atoms with E-state index in [1.165, 1.54) is 27.4 Å². The highest BCUT2D eigenvalue weighted by Crippen LogP contribution is 2.29. The third kappa shape index (κ3) is 5.93. The third-order valence-electron chi connectivity index (χ3n) is 4.78. The van der Waals surface area contributed by atoms with Crippen LogP contribution >= 0.6 is 11.6 Å². The summed E-state index contributed by atoms with van der Waals surface area (Å²) in [5, 5.41) is 0.0315. The Hall–Kier alpha value is -2.16. The Morgan fingerprint density at radius 3 is 2.57 bits per heavy atom. The molecule has 30 heavy (non-hydrogen) atoms. The minimum absolute atomic E-state index is 0.00910. The molecule has 1 aliphatic heterocycles. The van der Waals surface area contributed by atoms with Gasteiger partial charge < -0.3 is 9.64 Å². The molecule has 0 bridgehead atoms. The van der Waals surface area contributed by atoms with Gasteiger partial charge in [0, 0.05) is 26.2 Å². The number of carbonyl (C=O) groups is 2. The van der Waals surface area contributed by atoms with Crippen molar-refractivity contribution in [1.29, 1.82) is 0 Å². The van der Waals surface area contributed by atoms with Gasteiger partial charge in [-0.2, -0.15) is 4.31 Å². The van der Waals surface area contributed by atoms with Gasteiger partial charge in [-0.25, -0.2) is 13.2 Å². The van der Waals surface area contributed by atoms with Crippen molar-refractivity contribution in [2.24, 2.45) is 5.92 Å². The first-order valence-corrected chi connectivity index (χ1v) is 11.5. The molecule has 1 aromatic carbocycles. The zero-order valence-corrected chi connectivity index (χ0v) is 18.6. The van der Waals surface area contributed by atoms with Crippen LogP contribution in [0.5, 0.6) is 0 Å². The molecule has 164 valence electrons. The number of rotatable bonds is 9. The van der Waals surface area contributed by atoms with Crippen molar-refractivity contribution < 1.29 is 22.7 Å². The Morgan fingerprint density at radius 2 is 1.97 bits per heavy atom. The molecule has 1 heterocycles. The van der Waals surface area contributed by atoms with Crippen LogP contribution in [0.3, 0.4) is 0 Å². The summed E-state index contributed by atoms with van der Waals surface area (Å²) < 4.78 is 32.6. The molecule has 1 aliphatic rings. The zero-order chi connectivity index (χ0) is 22.3. The summed E-state index contributed by atoms with van der Waals surface area (Å²) in [7, 11) is -3.84. The lowest BCUT2D eigenvalue weighted by molar-refractivity contribution is -0.133. The molecule has 1 saturated heterocycles. The minimum atomic E-state index is -3.84. The average molecular weight is 455 g/mol. The molecule has 0 radical (unpaired) electrons. The molecule has 1 amide bonds. The van der Waals surface area contributed by atoms with E-state index in [-0.39, 0.29) is 21.4 Å². The van der Waals surface area contributed by atoms with E-state index < -0.39 is 28.5 Å². The van der Waals surface area contributed by atoms with E-state index >= 15 is 0 Å². The van der Waals surface area contributed by atoms with Crippen molar-refractivity contribution in [3.8, 4) is 0 Å². The fourth-order valence-electron chi connectivity index (χ4n) is 3.22. The van der Waals surface area contributed by atoms with Crippen LogP contribution in [0.1, 0.15) is 30.1 Å². The molecule has 0 aromatic heterocycles. The molecule has 9 heteroatoms. The van der Waals surface area contributed by atoms with Gasteiger partial charge in [-0.15, -0.1) is 13.2 Å². The van der Waals surface area contributed by atoms with Gasteiger partial charge in [0.25, 0.3) is 5.91 Å². The Balaban J connectivity index is 2.15. The molecule has 0 spiro atoms. The van der Waals surface area contributed by atoms with E-state index in [9.17, 15) is 18.0 Å². The van der Waals surface area contributed by atoms with Gasteiger partial charge in [-0.05, 0) is 37.0 Å². The minimum Gasteiger partial charge on any atom is -0.452 e. The van der Waals surface area contributed by atoms with Crippen molar-refractivity contribution in [3.63, 3.8) is 0 Å². The zero-order valence-electron chi connectivity index (χ0n) is 17.0. The van der Waals surface area contributed by atoms with Gasteiger partial charge in [0.15, 0.2) is 6.61 Å². The highest BCUT2D eigenvalue weighted by molar-refractivity contribution is 7.89. The van der Waals surface area contributed by atoms with Gasteiger partial charge >= 0.3 is 5.97 Å². The molecule has 1 aromatic rings. The summed E-state index contributed by atoms with van der Waals surface area (Å²) in [4.78, 5) is 25.9. The summed E-state index contributed by atoms with van der Waals surface area (Å²) in [6.45, 7) is 10.1. The summed E-state index contributed by atoms with van der Waals surface area (Å²) in [5.41, 5.74) is 0.00910. The van der Waals surface area contributed by atoms with Crippen LogP contribution in [0.15, 0.2) is 48.4 Å². The first-order chi connectivity index (χ1) is 14.2. The second-order valence-electron chi connectivity index (χ2n) is 7.21. The summed E-state index contributed by atoms with van der Waals surface area (Å²) in [6, 6.07) is 3.93. The predicted molar refractivity (Wildman–Crippen MR) is 116 cm³/mol. The molecule has 1 fully saturated rings. The molecule has 0 aliphatic carbocycles. The van der Waals surface area contributed by atoms with Crippen molar-refractivity contribution >= 4 is 33.5 Å². The lowest BCUT2D eigenvalue weighted by Crippen LogP contribution is -2.39. The van der Waals surface area contributed by atoms with Crippen molar-refractivity contribution in [2.75, 3.05) is 32.8 Å². The van der Waals surface area contributed by atoms with Crippen molar-refractivity contribution in [2.45, 2.75) is 24.7 Å². The summed E-state index contributed by atoms with van der Waals surface area (Å²) in [5.74, 6) is -0.964. The van der Waals surface area contributed by atoms with Crippen LogP contribution in [-0.2, 0) is 19.6 Å². The van der Waals surface area contributed by atoms with Crippen molar-refractivity contribution in [1.82, 2.24) is 9.21 Å². The quantitative estimate of drug-likeness (QED) is 0.423. The molecule has 1 unspecified atom stereocenters. The maximum Gasteiger partial charge on any atom is 0.338 e. The van der Waals surface area contributed by atoms with Crippen LogP contribution in [0, 0.1) is 5.92 Å². The third-order valence-corrected chi connectivity index (χ3v) is 7.13. The SMILES string of the molecule is C=CCN(CC=C)C(=O)COC(=O)c1ccc(Cl)c(S(=O)(=O)N2CCCC(C)C2)c1. The van der Waals surface area contributed by atoms with E-state index in [0.717, 1.165) is 12.8 Å². The maximum atomic E-state index is 13.0. The second-order valence-corrected chi connectivity index (χ2v) is 9.52. The van der Waals surface area contributed by atoms with Gasteiger partial charge in [0.05, 0.1) is 10.6 Å². The predicted octanol–water partition coefficient (Wildman–Crippen LogP) is 3.12. The summed E-state index contributed by atoms with van der Waals surface area (Å²) >= 11 is 6.14. The fourth-order valence-corrected chi connectivity index (χ4v) is 5.32. The average Bonchev–Trinajstić information content (AvgIpc) is 2.71. The molecule has 1 atom stereocenters. The van der Waals surface area contributed by atoms with E-state index in [4.69, 9.17) is 16.3 Å². The number of piperidine rings is 1. The number of benzene rings is 1. The van der Waals surface area contributed by atoms with Gasteiger partial charge in [-0.1, -0.05) is 30.7 Å². The largest absolute Gasteiger partial charge is 0.452 e. The Morgan fingerprint density at radius 1 is 1.30 bits per heavy atom. The second kappa shape index (κ2) is 10.7. The number of nitrogens with zero attached hydrogens (tertiary/aromatic N) is 2. The van der Waals surface area contributed by atoms with E-state index in [1.807, 2.05) is 6.92 Å². The molecule has 2 rings (SSSR count). The number of sulfonamides is 1. The molecular formula is C21H27ClN2O5S. The highest BCUT2D eigenvalue weighted by atomic mass is 35.5. The lowest BCUT2D eigenvalue weighted by atomic mass is 10.0. The Bertz CT molecular complexity index is 906. The fraction of sp³-hybridized carbons (Fsp3) is 0.429. The lowest BCUT2D eigenvalue weighted by Gasteiger charge is -2.30. The standard InChI is InChI=1S/C21H27ClN2O5S/c1-4-10-23(11-5-2)20(25)15-29-21(26)17-8-9-18(22)19(13-17)30(27,28)24-12-6-7-16(3)14-24/h4-5,8-9,13,16H,1-2,6-7,10-12,14-15H2,3H3. The monoisotopic (exact) mass is 454 g/mol.